The first kappa shape index (κ1) is 13.0. The lowest BCUT2D eigenvalue weighted by Gasteiger charge is -2.22. The fourth-order valence-electron chi connectivity index (χ4n) is 2.06. The van der Waals surface area contributed by atoms with E-state index in [1.807, 2.05) is 35.2 Å². The molecule has 0 bridgehead atoms. The van der Waals surface area contributed by atoms with Gasteiger partial charge >= 0.3 is 0 Å². The van der Waals surface area contributed by atoms with E-state index in [1.54, 1.807) is 0 Å². The number of hydrogen-bond acceptors (Lipinski definition) is 2. The summed E-state index contributed by atoms with van der Waals surface area (Å²) in [7, 11) is 0. The number of carbonyl (C=O) groups is 1. The predicted molar refractivity (Wildman–Crippen MR) is 77.5 cm³/mol. The van der Waals surface area contributed by atoms with E-state index in [0.29, 0.717) is 23.9 Å². The lowest BCUT2D eigenvalue weighted by molar-refractivity contribution is -0.120. The molecule has 0 aromatic heterocycles. The van der Waals surface area contributed by atoms with E-state index in [2.05, 4.69) is 6.92 Å². The molecule has 1 saturated carbocycles. The molecule has 1 fully saturated rings. The third-order valence-corrected chi connectivity index (χ3v) is 3.55. The summed E-state index contributed by atoms with van der Waals surface area (Å²) in [4.78, 5) is 14.6. The normalized spacial score (nSPS) is 21.4. The van der Waals surface area contributed by atoms with Crippen molar-refractivity contribution in [1.82, 2.24) is 0 Å². The molecule has 0 saturated heterocycles. The smallest absolute Gasteiger partial charge is 0.230 e. The van der Waals surface area contributed by atoms with E-state index < -0.39 is 0 Å². The van der Waals surface area contributed by atoms with E-state index in [-0.39, 0.29) is 11.8 Å². The van der Waals surface area contributed by atoms with Gasteiger partial charge in [0.2, 0.25) is 5.91 Å². The number of hydrogen-bond donors (Lipinski definition) is 1. The summed E-state index contributed by atoms with van der Waals surface area (Å²) >= 11 is 4.89. The molecular weight excluding hydrogens is 244 g/mol. The molecule has 4 heteroatoms. The van der Waals surface area contributed by atoms with Crippen LogP contribution in [0.5, 0.6) is 0 Å². The van der Waals surface area contributed by atoms with Crippen molar-refractivity contribution in [3.63, 3.8) is 0 Å². The number of thiocarbonyl (C=S) groups is 1. The molecule has 2 N–H and O–H groups in total. The Kier molecular flexibility index (Phi) is 3.97. The Morgan fingerprint density at radius 3 is 2.56 bits per heavy atom. The molecule has 96 valence electrons. The Balaban J connectivity index is 2.12. The summed E-state index contributed by atoms with van der Waals surface area (Å²) in [6, 6.07) is 9.72. The minimum absolute atomic E-state index is 0.177. The maximum absolute atomic E-state index is 12.4. The molecule has 18 heavy (non-hydrogen) atoms. The summed E-state index contributed by atoms with van der Waals surface area (Å²) in [5, 5.41) is 0. The second kappa shape index (κ2) is 5.48. The van der Waals surface area contributed by atoms with Gasteiger partial charge < -0.3 is 10.6 Å². The van der Waals surface area contributed by atoms with Crippen LogP contribution in [0.3, 0.4) is 0 Å². The molecule has 0 aliphatic heterocycles. The minimum Gasteiger partial charge on any atom is -0.393 e. The van der Waals surface area contributed by atoms with E-state index in [0.717, 1.165) is 12.1 Å². The molecule has 0 heterocycles. The maximum atomic E-state index is 12.4. The topological polar surface area (TPSA) is 46.3 Å². The lowest BCUT2D eigenvalue weighted by atomic mass is 10.2. The molecule has 1 aromatic rings. The number of rotatable bonds is 5. The first-order chi connectivity index (χ1) is 8.59. The molecule has 2 rings (SSSR count). The number of carbonyl (C=O) groups excluding carboxylic acids is 1. The van der Waals surface area contributed by atoms with Crippen molar-refractivity contribution < 1.29 is 4.79 Å². The highest BCUT2D eigenvalue weighted by Crippen LogP contribution is 2.40. The highest BCUT2D eigenvalue weighted by Gasteiger charge is 2.41. The van der Waals surface area contributed by atoms with Crippen LogP contribution >= 0.6 is 12.2 Å². The summed E-state index contributed by atoms with van der Waals surface area (Å²) in [5.41, 5.74) is 6.46. The van der Waals surface area contributed by atoms with Crippen molar-refractivity contribution in [3.8, 4) is 0 Å². The number of anilines is 1. The standard InChI is InChI=1S/C14H18N2OS/c1-10-9-12(10)14(17)16(8-7-13(15)18)11-5-3-2-4-6-11/h2-6,10,12H,7-9H2,1H3,(H2,15,18). The van der Waals surface area contributed by atoms with Gasteiger partial charge in [0.25, 0.3) is 0 Å². The van der Waals surface area contributed by atoms with Gasteiger partial charge in [-0.15, -0.1) is 0 Å². The van der Waals surface area contributed by atoms with Gasteiger partial charge in [-0.3, -0.25) is 4.79 Å². The zero-order valence-corrected chi connectivity index (χ0v) is 11.3. The van der Waals surface area contributed by atoms with Crippen molar-refractivity contribution in [2.45, 2.75) is 19.8 Å². The monoisotopic (exact) mass is 262 g/mol. The molecule has 3 nitrogen and oxygen atoms in total. The number of benzene rings is 1. The molecular formula is C14H18N2OS. The van der Waals surface area contributed by atoms with E-state index in [4.69, 9.17) is 18.0 Å². The SMILES string of the molecule is CC1CC1C(=O)N(CCC(N)=S)c1ccccc1. The zero-order chi connectivity index (χ0) is 13.1. The van der Waals surface area contributed by atoms with Gasteiger partial charge in [-0.2, -0.15) is 0 Å². The van der Waals surface area contributed by atoms with E-state index in [9.17, 15) is 4.79 Å². The zero-order valence-electron chi connectivity index (χ0n) is 10.5. The summed E-state index contributed by atoms with van der Waals surface area (Å²) in [6.45, 7) is 2.68. The van der Waals surface area contributed by atoms with Gasteiger partial charge in [-0.05, 0) is 24.5 Å². The highest BCUT2D eigenvalue weighted by molar-refractivity contribution is 7.80. The average Bonchev–Trinajstić information content (AvgIpc) is 3.07. The minimum atomic E-state index is 0.177. The van der Waals surface area contributed by atoms with Gasteiger partial charge in [-0.25, -0.2) is 0 Å². The summed E-state index contributed by atoms with van der Waals surface area (Å²) in [6.07, 6.45) is 1.56. The second-order valence-electron chi connectivity index (χ2n) is 4.86. The maximum Gasteiger partial charge on any atom is 0.230 e. The van der Waals surface area contributed by atoms with Gasteiger partial charge in [-0.1, -0.05) is 37.3 Å². The first-order valence-electron chi connectivity index (χ1n) is 6.24. The molecule has 2 unspecified atom stereocenters. The van der Waals surface area contributed by atoms with Crippen molar-refractivity contribution in [1.29, 1.82) is 0 Å². The number of para-hydroxylation sites is 1. The summed E-state index contributed by atoms with van der Waals surface area (Å²) < 4.78 is 0. The molecule has 1 aromatic carbocycles. The average molecular weight is 262 g/mol. The summed E-state index contributed by atoms with van der Waals surface area (Å²) in [5.74, 6) is 0.884. The van der Waals surface area contributed by atoms with Gasteiger partial charge in [0.15, 0.2) is 0 Å². The fraction of sp³-hybridized carbons (Fsp3) is 0.429. The van der Waals surface area contributed by atoms with E-state index in [1.165, 1.54) is 0 Å². The quantitative estimate of drug-likeness (QED) is 0.829. The van der Waals surface area contributed by atoms with Crippen LogP contribution in [0, 0.1) is 11.8 Å². The number of nitrogens with two attached hydrogens (primary N) is 1. The lowest BCUT2D eigenvalue weighted by Crippen LogP contribution is -2.35. The molecule has 0 radical (unpaired) electrons. The van der Waals surface area contributed by atoms with Crippen LogP contribution in [0.25, 0.3) is 0 Å². The molecule has 1 aliphatic carbocycles. The Morgan fingerprint density at radius 1 is 1.44 bits per heavy atom. The third kappa shape index (κ3) is 3.07. The van der Waals surface area contributed by atoms with E-state index >= 15 is 0 Å². The van der Waals surface area contributed by atoms with Crippen LogP contribution in [0.15, 0.2) is 30.3 Å². The Labute approximate surface area is 113 Å². The van der Waals surface area contributed by atoms with Crippen LogP contribution in [0.4, 0.5) is 5.69 Å². The number of nitrogens with zero attached hydrogens (tertiary/aromatic N) is 1. The van der Waals surface area contributed by atoms with Gasteiger partial charge in [0, 0.05) is 24.6 Å². The predicted octanol–water partition coefficient (Wildman–Crippen LogP) is 2.35. The largest absolute Gasteiger partial charge is 0.393 e. The van der Waals surface area contributed by atoms with Crippen LogP contribution in [0.2, 0.25) is 0 Å². The fourth-order valence-corrected chi connectivity index (χ4v) is 2.15. The van der Waals surface area contributed by atoms with Crippen molar-refractivity contribution in [3.05, 3.63) is 30.3 Å². The van der Waals surface area contributed by atoms with Crippen molar-refractivity contribution in [2.24, 2.45) is 17.6 Å². The second-order valence-corrected chi connectivity index (χ2v) is 5.39. The van der Waals surface area contributed by atoms with Crippen LogP contribution in [-0.4, -0.2) is 17.4 Å². The molecule has 1 amide bonds. The van der Waals surface area contributed by atoms with Crippen molar-refractivity contribution in [2.75, 3.05) is 11.4 Å². The first-order valence-corrected chi connectivity index (χ1v) is 6.65. The highest BCUT2D eigenvalue weighted by atomic mass is 32.1. The molecule has 2 atom stereocenters. The third-order valence-electron chi connectivity index (χ3n) is 3.34. The van der Waals surface area contributed by atoms with Crippen LogP contribution < -0.4 is 10.6 Å². The Bertz CT molecular complexity index is 446. The molecule has 0 spiro atoms. The van der Waals surface area contributed by atoms with Gasteiger partial charge in [0.1, 0.15) is 0 Å². The Morgan fingerprint density at radius 2 is 2.06 bits per heavy atom. The van der Waals surface area contributed by atoms with Crippen molar-refractivity contribution >= 4 is 28.8 Å². The van der Waals surface area contributed by atoms with Gasteiger partial charge in [0.05, 0.1) is 4.99 Å². The number of amides is 1. The Hall–Kier alpha value is -1.42. The molecule has 1 aliphatic rings. The van der Waals surface area contributed by atoms with Crippen LogP contribution in [-0.2, 0) is 4.79 Å². The van der Waals surface area contributed by atoms with Crippen LogP contribution in [0.1, 0.15) is 19.8 Å².